The molecule has 0 heterocycles. The first-order valence-corrected chi connectivity index (χ1v) is 1.84. The van der Waals surface area contributed by atoms with Gasteiger partial charge in [-0.25, -0.2) is 0 Å². The van der Waals surface area contributed by atoms with Gasteiger partial charge in [-0.2, -0.15) is 13.5 Å². The second kappa shape index (κ2) is 9.52. The van der Waals surface area contributed by atoms with Gasteiger partial charge in [0.25, 0.3) is 0 Å². The summed E-state index contributed by atoms with van der Waals surface area (Å²) in [4.78, 5) is 17.0. The summed E-state index contributed by atoms with van der Waals surface area (Å²) in [6.45, 7) is 0. The van der Waals surface area contributed by atoms with Crippen LogP contribution in [0.15, 0.2) is 0 Å². The monoisotopic (exact) mass is 150 g/mol. The summed E-state index contributed by atoms with van der Waals surface area (Å²) in [7, 11) is -3.63. The van der Waals surface area contributed by atoms with Gasteiger partial charge in [-0.3, -0.25) is 0 Å². The zero-order valence-electron chi connectivity index (χ0n) is 2.93. The Morgan fingerprint density at radius 2 is 1.33 bits per heavy atom. The summed E-state index contributed by atoms with van der Waals surface area (Å²) in [5, 5.41) is 0. The Hall–Kier alpha value is 1.23. The van der Waals surface area contributed by atoms with Crippen LogP contribution in [0.4, 0.5) is 0 Å². The van der Waals surface area contributed by atoms with Crippen molar-refractivity contribution in [2.24, 2.45) is 0 Å². The van der Waals surface area contributed by atoms with Gasteiger partial charge in [0.2, 0.25) is 0 Å². The molecule has 0 amide bonds. The van der Waals surface area contributed by atoms with E-state index in [0.29, 0.717) is 0 Å². The topological polar surface area (TPSA) is 63.2 Å². The van der Waals surface area contributed by atoms with Crippen molar-refractivity contribution in [1.29, 1.82) is 0 Å². The van der Waals surface area contributed by atoms with Crippen molar-refractivity contribution < 1.29 is 14.1 Å². The molecule has 0 spiro atoms. The molecule has 0 bridgehead atoms. The van der Waals surface area contributed by atoms with E-state index in [2.05, 4.69) is 0 Å². The molecule has 0 fully saturated rings. The quantitative estimate of drug-likeness (QED) is 0.343. The predicted molar refractivity (Wildman–Crippen MR) is 22.6 cm³/mol. The first-order valence-electron chi connectivity index (χ1n) is 0.612. The fourth-order valence-corrected chi connectivity index (χ4v) is 0. The molecule has 32 valence electrons. The fourth-order valence-electron chi connectivity index (χ4n) is 0. The molecule has 0 aliphatic carbocycles. The van der Waals surface area contributed by atoms with Crippen molar-refractivity contribution in [3.8, 4) is 0 Å². The Morgan fingerprint density at radius 3 is 1.33 bits per heavy atom. The van der Waals surface area contributed by atoms with E-state index in [1.807, 2.05) is 0 Å². The zero-order chi connectivity index (χ0) is 3.58. The maximum absolute atomic E-state index is 8.52. The molecule has 0 N–H and O–H groups in total. The third-order valence-corrected chi connectivity index (χ3v) is 0. The van der Waals surface area contributed by atoms with Gasteiger partial charge < -0.3 is 14.1 Å². The fraction of sp³-hybridized carbons (Fsp3) is 0. The average Bonchev–Trinajstić information content (AvgIpc) is 0.811. The van der Waals surface area contributed by atoms with E-state index in [1.165, 1.54) is 0 Å². The van der Waals surface area contributed by atoms with Crippen LogP contribution in [0.2, 0.25) is 0 Å². The largest absolute Gasteiger partial charge is 2.00 e. The third-order valence-electron chi connectivity index (χ3n) is 0. The van der Waals surface area contributed by atoms with E-state index in [0.717, 1.165) is 0 Å². The molecule has 0 radical (unpaired) electrons. The Bertz CT molecular complexity index is 33.8. The second-order valence-electron chi connectivity index (χ2n) is 0.250. The Morgan fingerprint density at radius 1 is 1.33 bits per heavy atom. The Kier molecular flexibility index (Phi) is 24.9. The van der Waals surface area contributed by atoms with E-state index < -0.39 is 9.17 Å². The van der Waals surface area contributed by atoms with E-state index in [1.54, 1.807) is 0 Å². The van der Waals surface area contributed by atoms with Gasteiger partial charge in [0.15, 0.2) is 0 Å². The molecule has 0 unspecified atom stereocenters. The summed E-state index contributed by atoms with van der Waals surface area (Å²) in [6, 6.07) is 0. The van der Waals surface area contributed by atoms with E-state index in [9.17, 15) is 0 Å². The van der Waals surface area contributed by atoms with Crippen LogP contribution in [0.5, 0.6) is 0 Å². The van der Waals surface area contributed by atoms with E-state index >= 15 is 0 Å². The molecule has 0 rings (SSSR count). The third kappa shape index (κ3) is 62.1. The van der Waals surface area contributed by atoms with Gasteiger partial charge in [-0.1, -0.05) is 0 Å². The smallest absolute Gasteiger partial charge is 0.672 e. The van der Waals surface area contributed by atoms with Crippen LogP contribution in [0.1, 0.15) is 0 Å². The second-order valence-corrected chi connectivity index (χ2v) is 0.750. The summed E-state index contributed by atoms with van der Waals surface area (Å²) >= 11 is 0. The molecule has 0 atom stereocenters. The molecule has 0 saturated heterocycles. The molecule has 0 saturated carbocycles. The first-order chi connectivity index (χ1) is 1.73. The molecule has 6 heavy (non-hydrogen) atoms. The van der Waals surface area contributed by atoms with Crippen molar-refractivity contribution in [2.45, 2.75) is 0 Å². The van der Waals surface area contributed by atoms with Gasteiger partial charge in [-0.05, 0) is 0 Å². The van der Waals surface area contributed by atoms with E-state index in [-0.39, 0.29) is 51.2 Å². The van der Waals surface area contributed by atoms with Crippen LogP contribution < -0.4 is 9.59 Å². The van der Waals surface area contributed by atoms with Gasteiger partial charge in [-0.15, -0.1) is 0 Å². The number of hydrogen-bond acceptors (Lipinski definition) is 3. The van der Waals surface area contributed by atoms with Crippen molar-refractivity contribution in [1.82, 2.24) is 0 Å². The van der Waals surface area contributed by atoms with Crippen molar-refractivity contribution in [3.05, 3.63) is 0 Å². The molecule has 0 aromatic rings. The Labute approximate surface area is 73.7 Å². The molecule has 0 aliphatic heterocycles. The van der Waals surface area contributed by atoms with E-state index in [4.69, 9.17) is 14.1 Å². The maximum atomic E-state index is 8.52. The van der Waals surface area contributed by atoms with Crippen LogP contribution in [-0.4, -0.2) is 46.9 Å². The molecular formula is H2CaO3SSi. The maximum Gasteiger partial charge on any atom is 2.00 e. The Balaban J connectivity index is -0.0000000450. The van der Waals surface area contributed by atoms with Crippen molar-refractivity contribution in [3.63, 3.8) is 0 Å². The summed E-state index contributed by atoms with van der Waals surface area (Å²) in [6.07, 6.45) is 0. The molecular weight excluding hydrogens is 148 g/mol. The molecule has 3 nitrogen and oxygen atoms in total. The standard InChI is InChI=1S/Ca.O3Si.H2S/c;1-4(2)3;/h;;1H2/q+2;-2;. The van der Waals surface area contributed by atoms with Crippen LogP contribution in [0.3, 0.4) is 0 Å². The van der Waals surface area contributed by atoms with Gasteiger partial charge in [0, 0.05) is 9.17 Å². The van der Waals surface area contributed by atoms with Crippen LogP contribution >= 0.6 is 13.5 Å². The number of hydrogen-bond donors (Lipinski definition) is 0. The summed E-state index contributed by atoms with van der Waals surface area (Å²) < 4.78 is 8.52. The van der Waals surface area contributed by atoms with Crippen LogP contribution in [0.25, 0.3) is 0 Å². The molecule has 0 aromatic carbocycles. The molecule has 0 aromatic heterocycles. The van der Waals surface area contributed by atoms with Gasteiger partial charge in [0.1, 0.15) is 0 Å². The van der Waals surface area contributed by atoms with Crippen molar-refractivity contribution in [2.75, 3.05) is 0 Å². The minimum Gasteiger partial charge on any atom is -0.672 e. The molecule has 6 heteroatoms. The SMILES string of the molecule is O=[Si]([O-])[O-].S.[Ca+2]. The van der Waals surface area contributed by atoms with Crippen molar-refractivity contribution >= 4 is 60.4 Å². The summed E-state index contributed by atoms with van der Waals surface area (Å²) in [5.41, 5.74) is 0. The van der Waals surface area contributed by atoms with Crippen LogP contribution in [0, 0.1) is 0 Å². The molecule has 0 aliphatic rings. The minimum absolute atomic E-state index is 0. The summed E-state index contributed by atoms with van der Waals surface area (Å²) in [5.74, 6) is 0. The van der Waals surface area contributed by atoms with Crippen LogP contribution in [-0.2, 0) is 4.46 Å². The minimum atomic E-state index is -3.63. The number of rotatable bonds is 0. The predicted octanol–water partition coefficient (Wildman–Crippen LogP) is -3.15. The van der Waals surface area contributed by atoms with Gasteiger partial charge in [0.05, 0.1) is 0 Å². The first kappa shape index (κ1) is 15.7. The van der Waals surface area contributed by atoms with Gasteiger partial charge >= 0.3 is 37.7 Å². The zero-order valence-corrected chi connectivity index (χ0v) is 7.14. The average molecular weight is 150 g/mol. The normalized spacial score (nSPS) is 4.00.